The van der Waals surface area contributed by atoms with E-state index >= 15 is 0 Å². The fourth-order valence-electron chi connectivity index (χ4n) is 2.47. The molecule has 2 unspecified atom stereocenters. The lowest BCUT2D eigenvalue weighted by molar-refractivity contribution is -0.152. The maximum absolute atomic E-state index is 12.8. The largest absolute Gasteiger partial charge is 0.481 e. The molecule has 8 nitrogen and oxygen atoms in total. The number of amides is 2. The van der Waals surface area contributed by atoms with Crippen molar-refractivity contribution in [3.05, 3.63) is 25.3 Å². The molecule has 0 aromatic heterocycles. The molecule has 1 aliphatic rings. The predicted molar refractivity (Wildman–Crippen MR) is 86.4 cm³/mol. The van der Waals surface area contributed by atoms with E-state index in [1.165, 1.54) is 24.1 Å². The van der Waals surface area contributed by atoms with Crippen molar-refractivity contribution < 1.29 is 29.0 Å². The van der Waals surface area contributed by atoms with Gasteiger partial charge in [0, 0.05) is 20.1 Å². The highest BCUT2D eigenvalue weighted by atomic mass is 16.6. The van der Waals surface area contributed by atoms with E-state index in [1.54, 1.807) is 0 Å². The number of hydrogen-bond donors (Lipinski definition) is 1. The van der Waals surface area contributed by atoms with Crippen LogP contribution in [0.5, 0.6) is 0 Å². The van der Waals surface area contributed by atoms with Gasteiger partial charge >= 0.3 is 12.1 Å². The first-order chi connectivity index (χ1) is 11.4. The second-order valence-corrected chi connectivity index (χ2v) is 5.33. The summed E-state index contributed by atoms with van der Waals surface area (Å²) < 4.78 is 10.1. The van der Waals surface area contributed by atoms with Crippen molar-refractivity contribution >= 4 is 18.0 Å². The van der Waals surface area contributed by atoms with Crippen LogP contribution < -0.4 is 0 Å². The second-order valence-electron chi connectivity index (χ2n) is 5.33. The van der Waals surface area contributed by atoms with E-state index < -0.39 is 29.9 Å². The predicted octanol–water partition coefficient (Wildman–Crippen LogP) is 0.745. The summed E-state index contributed by atoms with van der Waals surface area (Å²) in [4.78, 5) is 39.1. The Bertz CT molecular complexity index is 487. The first kappa shape index (κ1) is 19.7. The molecular formula is C16H24N2O6. The molecule has 24 heavy (non-hydrogen) atoms. The van der Waals surface area contributed by atoms with Crippen molar-refractivity contribution in [2.24, 2.45) is 5.92 Å². The lowest BCUT2D eigenvalue weighted by Gasteiger charge is -2.36. The molecule has 2 amide bonds. The Balaban J connectivity index is 3.05. The standard InChI is InChI=1S/C16H24N2O6/c1-4-6-12(15(20)21)13(17(3)16(22)24-9-5-2)14(19)18-7-10-23-11-8-18/h4-5,12-13H,1-2,6-11H2,3H3,(H,20,21). The number of likely N-dealkylation sites (N-methyl/N-ethyl adjacent to an activating group) is 1. The summed E-state index contributed by atoms with van der Waals surface area (Å²) in [6.45, 7) is 8.41. The lowest BCUT2D eigenvalue weighted by Crippen LogP contribution is -2.56. The molecule has 0 spiro atoms. The Morgan fingerprint density at radius 2 is 1.92 bits per heavy atom. The molecule has 1 saturated heterocycles. The zero-order chi connectivity index (χ0) is 18.1. The second kappa shape index (κ2) is 9.71. The molecule has 0 aliphatic carbocycles. The normalized spacial score (nSPS) is 16.6. The zero-order valence-electron chi connectivity index (χ0n) is 13.8. The van der Waals surface area contributed by atoms with Gasteiger partial charge in [-0.1, -0.05) is 18.7 Å². The fourth-order valence-corrected chi connectivity index (χ4v) is 2.47. The number of morpholine rings is 1. The van der Waals surface area contributed by atoms with E-state index in [9.17, 15) is 19.5 Å². The maximum atomic E-state index is 12.8. The zero-order valence-corrected chi connectivity index (χ0v) is 13.8. The molecule has 0 aromatic rings. The number of carboxylic acid groups (broad SMARTS) is 1. The van der Waals surface area contributed by atoms with Crippen LogP contribution >= 0.6 is 0 Å². The van der Waals surface area contributed by atoms with Gasteiger partial charge in [0.05, 0.1) is 19.1 Å². The molecule has 1 N–H and O–H groups in total. The van der Waals surface area contributed by atoms with Crippen LogP contribution in [0, 0.1) is 5.92 Å². The molecule has 8 heteroatoms. The van der Waals surface area contributed by atoms with Gasteiger partial charge < -0.3 is 19.5 Å². The Morgan fingerprint density at radius 3 is 2.42 bits per heavy atom. The van der Waals surface area contributed by atoms with E-state index in [2.05, 4.69) is 13.2 Å². The van der Waals surface area contributed by atoms with Crippen LogP contribution in [0.4, 0.5) is 4.79 Å². The van der Waals surface area contributed by atoms with Gasteiger partial charge in [-0.25, -0.2) is 4.79 Å². The quantitative estimate of drug-likeness (QED) is 0.655. The minimum Gasteiger partial charge on any atom is -0.481 e. The number of hydrogen-bond acceptors (Lipinski definition) is 5. The fraction of sp³-hybridized carbons (Fsp3) is 0.562. The van der Waals surface area contributed by atoms with E-state index in [1.807, 2.05) is 0 Å². The Labute approximate surface area is 141 Å². The van der Waals surface area contributed by atoms with Gasteiger partial charge in [0.25, 0.3) is 0 Å². The van der Waals surface area contributed by atoms with Crippen molar-refractivity contribution in [1.82, 2.24) is 9.80 Å². The average Bonchev–Trinajstić information content (AvgIpc) is 2.59. The SMILES string of the molecule is C=CCOC(=O)N(C)C(C(=O)N1CCOCC1)C(CC=C)C(=O)O. The van der Waals surface area contributed by atoms with Crippen LogP contribution in [0.1, 0.15) is 6.42 Å². The van der Waals surface area contributed by atoms with Crippen LogP contribution in [0.2, 0.25) is 0 Å². The molecule has 1 aliphatic heterocycles. The molecule has 1 fully saturated rings. The molecule has 0 bridgehead atoms. The highest BCUT2D eigenvalue weighted by molar-refractivity contribution is 5.90. The molecule has 2 atom stereocenters. The van der Waals surface area contributed by atoms with Crippen molar-refractivity contribution in [1.29, 1.82) is 0 Å². The van der Waals surface area contributed by atoms with Crippen molar-refractivity contribution in [3.63, 3.8) is 0 Å². The van der Waals surface area contributed by atoms with Crippen molar-refractivity contribution in [2.75, 3.05) is 40.0 Å². The topological polar surface area (TPSA) is 96.4 Å². The monoisotopic (exact) mass is 340 g/mol. The number of carbonyl (C=O) groups excluding carboxylic acids is 2. The number of nitrogens with zero attached hydrogens (tertiary/aromatic N) is 2. The number of carbonyl (C=O) groups is 3. The van der Waals surface area contributed by atoms with Crippen molar-refractivity contribution in [2.45, 2.75) is 12.5 Å². The van der Waals surface area contributed by atoms with Gasteiger partial charge in [0.15, 0.2) is 0 Å². The van der Waals surface area contributed by atoms with E-state index in [4.69, 9.17) is 9.47 Å². The van der Waals surface area contributed by atoms with Gasteiger partial charge in [-0.2, -0.15) is 0 Å². The van der Waals surface area contributed by atoms with Gasteiger partial charge in [0.1, 0.15) is 12.6 Å². The minimum absolute atomic E-state index is 0.0269. The highest BCUT2D eigenvalue weighted by Gasteiger charge is 2.41. The molecule has 0 radical (unpaired) electrons. The van der Waals surface area contributed by atoms with Gasteiger partial charge in [-0.3, -0.25) is 14.5 Å². The van der Waals surface area contributed by atoms with E-state index in [0.717, 1.165) is 4.90 Å². The first-order valence-electron chi connectivity index (χ1n) is 7.64. The smallest absolute Gasteiger partial charge is 0.410 e. The average molecular weight is 340 g/mol. The van der Waals surface area contributed by atoms with Gasteiger partial charge in [-0.15, -0.1) is 6.58 Å². The van der Waals surface area contributed by atoms with Crippen LogP contribution in [0.25, 0.3) is 0 Å². The van der Waals surface area contributed by atoms with Crippen LogP contribution in [-0.4, -0.2) is 78.9 Å². The summed E-state index contributed by atoms with van der Waals surface area (Å²) in [5.41, 5.74) is 0. The Hall–Kier alpha value is -2.35. The molecule has 1 rings (SSSR count). The third-order valence-corrected chi connectivity index (χ3v) is 3.72. The molecule has 1 heterocycles. The summed E-state index contributed by atoms with van der Waals surface area (Å²) in [5, 5.41) is 9.49. The third-order valence-electron chi connectivity index (χ3n) is 3.72. The highest BCUT2D eigenvalue weighted by Crippen LogP contribution is 2.20. The number of aliphatic carboxylic acids is 1. The van der Waals surface area contributed by atoms with Gasteiger partial charge in [-0.05, 0) is 6.42 Å². The Morgan fingerprint density at radius 1 is 1.29 bits per heavy atom. The number of allylic oxidation sites excluding steroid dienone is 1. The Kier molecular flexibility index (Phi) is 7.97. The lowest BCUT2D eigenvalue weighted by atomic mass is 9.93. The van der Waals surface area contributed by atoms with Gasteiger partial charge in [0.2, 0.25) is 5.91 Å². The number of carboxylic acids is 1. The number of rotatable bonds is 8. The molecule has 0 aromatic carbocycles. The van der Waals surface area contributed by atoms with Crippen LogP contribution in [0.15, 0.2) is 25.3 Å². The summed E-state index contributed by atoms with van der Waals surface area (Å²) in [6.07, 6.45) is 2.08. The molecule has 134 valence electrons. The summed E-state index contributed by atoms with van der Waals surface area (Å²) in [5.74, 6) is -2.73. The third kappa shape index (κ3) is 5.09. The minimum atomic E-state index is -1.18. The summed E-state index contributed by atoms with van der Waals surface area (Å²) >= 11 is 0. The molecule has 0 saturated carbocycles. The summed E-state index contributed by atoms with van der Waals surface area (Å²) in [6, 6.07) is -1.18. The maximum Gasteiger partial charge on any atom is 0.410 e. The van der Waals surface area contributed by atoms with Crippen molar-refractivity contribution in [3.8, 4) is 0 Å². The molecular weight excluding hydrogens is 316 g/mol. The van der Waals surface area contributed by atoms with Crippen LogP contribution in [0.3, 0.4) is 0 Å². The first-order valence-corrected chi connectivity index (χ1v) is 7.64. The number of ether oxygens (including phenoxy) is 2. The summed E-state index contributed by atoms with van der Waals surface area (Å²) in [7, 11) is 1.35. The van der Waals surface area contributed by atoms with E-state index in [-0.39, 0.29) is 13.0 Å². The van der Waals surface area contributed by atoms with E-state index in [0.29, 0.717) is 26.3 Å². The van der Waals surface area contributed by atoms with Crippen LogP contribution in [-0.2, 0) is 19.1 Å².